The molecule has 8 heteroatoms. The fourth-order valence-electron chi connectivity index (χ4n) is 3.11. The Morgan fingerprint density at radius 3 is 2.81 bits per heavy atom. The van der Waals surface area contributed by atoms with Gasteiger partial charge in [-0.05, 0) is 36.4 Å². The summed E-state index contributed by atoms with van der Waals surface area (Å²) in [4.78, 5) is 27.6. The Labute approximate surface area is 169 Å². The number of benzene rings is 2. The van der Waals surface area contributed by atoms with Crippen LogP contribution in [-0.4, -0.2) is 43.9 Å². The molecule has 4 rings (SSSR count). The van der Waals surface area contributed by atoms with E-state index >= 15 is 0 Å². The number of rotatable bonds is 3. The third-order valence-corrected chi connectivity index (χ3v) is 6.00. The number of anilines is 3. The molecule has 140 valence electrons. The SMILES string of the molecule is O=C1CSc2ccc(C(=O)Nc3cc(Br)ccc3N3CCOCC3)cc2N1. The Balaban J connectivity index is 1.58. The second-order valence-electron chi connectivity index (χ2n) is 6.26. The Hall–Kier alpha value is -2.03. The molecule has 1 fully saturated rings. The van der Waals surface area contributed by atoms with Gasteiger partial charge in [0.25, 0.3) is 5.91 Å². The maximum Gasteiger partial charge on any atom is 0.255 e. The lowest BCUT2D eigenvalue weighted by Crippen LogP contribution is -2.36. The zero-order chi connectivity index (χ0) is 18.8. The lowest BCUT2D eigenvalue weighted by atomic mass is 10.1. The second kappa shape index (κ2) is 7.92. The van der Waals surface area contributed by atoms with Crippen molar-refractivity contribution >= 4 is 56.6 Å². The highest BCUT2D eigenvalue weighted by atomic mass is 79.9. The van der Waals surface area contributed by atoms with E-state index in [1.165, 1.54) is 11.8 Å². The van der Waals surface area contributed by atoms with Gasteiger partial charge in [0.2, 0.25) is 5.91 Å². The van der Waals surface area contributed by atoms with Gasteiger partial charge in [0.05, 0.1) is 36.0 Å². The van der Waals surface area contributed by atoms with E-state index in [1.807, 2.05) is 24.3 Å². The molecular weight excluding hydrogens is 430 g/mol. The number of ether oxygens (including phenoxy) is 1. The van der Waals surface area contributed by atoms with Crippen LogP contribution >= 0.6 is 27.7 Å². The van der Waals surface area contributed by atoms with Crippen molar-refractivity contribution in [2.24, 2.45) is 0 Å². The Morgan fingerprint density at radius 2 is 2.00 bits per heavy atom. The molecule has 0 unspecified atom stereocenters. The van der Waals surface area contributed by atoms with Gasteiger partial charge in [0.1, 0.15) is 0 Å². The highest BCUT2D eigenvalue weighted by Crippen LogP contribution is 2.33. The molecule has 2 aromatic rings. The van der Waals surface area contributed by atoms with Crippen molar-refractivity contribution in [1.82, 2.24) is 0 Å². The summed E-state index contributed by atoms with van der Waals surface area (Å²) in [6, 6.07) is 11.2. The molecule has 2 aliphatic heterocycles. The number of amides is 2. The van der Waals surface area contributed by atoms with Crippen molar-refractivity contribution in [3.8, 4) is 0 Å². The number of thioether (sulfide) groups is 1. The van der Waals surface area contributed by atoms with Gasteiger partial charge in [-0.15, -0.1) is 11.8 Å². The van der Waals surface area contributed by atoms with E-state index < -0.39 is 0 Å². The third kappa shape index (κ3) is 4.12. The average molecular weight is 448 g/mol. The first-order valence-electron chi connectivity index (χ1n) is 8.60. The minimum absolute atomic E-state index is 0.0494. The fourth-order valence-corrected chi connectivity index (χ4v) is 4.26. The van der Waals surface area contributed by atoms with Crippen molar-refractivity contribution in [3.63, 3.8) is 0 Å². The molecule has 1 saturated heterocycles. The van der Waals surface area contributed by atoms with Crippen LogP contribution in [0, 0.1) is 0 Å². The van der Waals surface area contributed by atoms with Gasteiger partial charge < -0.3 is 20.3 Å². The number of carbonyl (C=O) groups excluding carboxylic acids is 2. The largest absolute Gasteiger partial charge is 0.378 e. The molecule has 0 spiro atoms. The molecule has 2 amide bonds. The molecule has 2 aromatic carbocycles. The summed E-state index contributed by atoms with van der Waals surface area (Å²) in [7, 11) is 0. The van der Waals surface area contributed by atoms with Crippen molar-refractivity contribution in [3.05, 3.63) is 46.4 Å². The summed E-state index contributed by atoms with van der Waals surface area (Å²) in [5, 5.41) is 5.83. The Bertz CT molecular complexity index is 900. The second-order valence-corrected chi connectivity index (χ2v) is 8.20. The minimum Gasteiger partial charge on any atom is -0.378 e. The maximum absolute atomic E-state index is 12.8. The van der Waals surface area contributed by atoms with Crippen molar-refractivity contribution in [1.29, 1.82) is 0 Å². The summed E-state index contributed by atoms with van der Waals surface area (Å²) < 4.78 is 6.31. The smallest absolute Gasteiger partial charge is 0.255 e. The monoisotopic (exact) mass is 447 g/mol. The van der Waals surface area contributed by atoms with E-state index in [2.05, 4.69) is 31.5 Å². The Kier molecular flexibility index (Phi) is 5.38. The van der Waals surface area contributed by atoms with Crippen molar-refractivity contribution in [2.75, 3.05) is 47.6 Å². The first-order chi connectivity index (χ1) is 13.1. The van der Waals surface area contributed by atoms with Crippen LogP contribution in [0.4, 0.5) is 17.1 Å². The van der Waals surface area contributed by atoms with E-state index in [0.717, 1.165) is 33.8 Å². The van der Waals surface area contributed by atoms with Crippen LogP contribution in [0.3, 0.4) is 0 Å². The summed E-state index contributed by atoms with van der Waals surface area (Å²) in [6.07, 6.45) is 0. The van der Waals surface area contributed by atoms with E-state index in [4.69, 9.17) is 4.74 Å². The highest BCUT2D eigenvalue weighted by Gasteiger charge is 2.20. The number of hydrogen-bond acceptors (Lipinski definition) is 5. The summed E-state index contributed by atoms with van der Waals surface area (Å²) in [5.74, 6) is 0.140. The van der Waals surface area contributed by atoms with Gasteiger partial charge in [-0.1, -0.05) is 15.9 Å². The molecule has 0 saturated carbocycles. The van der Waals surface area contributed by atoms with Crippen LogP contribution in [0.5, 0.6) is 0 Å². The molecule has 0 bridgehead atoms. The predicted molar refractivity (Wildman–Crippen MR) is 111 cm³/mol. The van der Waals surface area contributed by atoms with Gasteiger partial charge in [0.15, 0.2) is 0 Å². The van der Waals surface area contributed by atoms with Crippen molar-refractivity contribution in [2.45, 2.75) is 4.90 Å². The van der Waals surface area contributed by atoms with Crippen LogP contribution in [0.1, 0.15) is 10.4 Å². The molecule has 2 aliphatic rings. The Morgan fingerprint density at radius 1 is 1.19 bits per heavy atom. The van der Waals surface area contributed by atoms with Crippen molar-refractivity contribution < 1.29 is 14.3 Å². The number of carbonyl (C=O) groups is 2. The van der Waals surface area contributed by atoms with Crippen LogP contribution in [-0.2, 0) is 9.53 Å². The van der Waals surface area contributed by atoms with Crippen LogP contribution in [0.25, 0.3) is 0 Å². The maximum atomic E-state index is 12.8. The third-order valence-electron chi connectivity index (χ3n) is 4.43. The number of halogens is 1. The average Bonchev–Trinajstić information content (AvgIpc) is 2.68. The number of hydrogen-bond donors (Lipinski definition) is 2. The van der Waals surface area contributed by atoms with Gasteiger partial charge >= 0.3 is 0 Å². The quantitative estimate of drug-likeness (QED) is 0.752. The number of nitrogens with zero attached hydrogens (tertiary/aromatic N) is 1. The summed E-state index contributed by atoms with van der Waals surface area (Å²) in [6.45, 7) is 2.91. The molecule has 27 heavy (non-hydrogen) atoms. The van der Waals surface area contributed by atoms with Crippen LogP contribution < -0.4 is 15.5 Å². The van der Waals surface area contributed by atoms with Gasteiger partial charge in [-0.2, -0.15) is 0 Å². The molecule has 2 heterocycles. The highest BCUT2D eigenvalue weighted by molar-refractivity contribution is 9.10. The summed E-state index contributed by atoms with van der Waals surface area (Å²) >= 11 is 4.95. The summed E-state index contributed by atoms with van der Waals surface area (Å²) in [5.41, 5.74) is 2.90. The molecule has 2 N–H and O–H groups in total. The van der Waals surface area contributed by atoms with E-state index in [-0.39, 0.29) is 11.8 Å². The van der Waals surface area contributed by atoms with Gasteiger partial charge in [-0.3, -0.25) is 9.59 Å². The zero-order valence-electron chi connectivity index (χ0n) is 14.5. The first-order valence-corrected chi connectivity index (χ1v) is 10.4. The van der Waals surface area contributed by atoms with Crippen LogP contribution in [0.15, 0.2) is 45.8 Å². The fraction of sp³-hybridized carbons (Fsp3) is 0.263. The minimum atomic E-state index is -0.213. The van der Waals surface area contributed by atoms with Crippen LogP contribution in [0.2, 0.25) is 0 Å². The zero-order valence-corrected chi connectivity index (χ0v) is 16.9. The molecule has 6 nitrogen and oxygen atoms in total. The topological polar surface area (TPSA) is 70.7 Å². The molecule has 0 atom stereocenters. The number of nitrogens with one attached hydrogen (secondary N) is 2. The normalized spacial score (nSPS) is 16.5. The lowest BCUT2D eigenvalue weighted by Gasteiger charge is -2.30. The van der Waals surface area contributed by atoms with E-state index in [0.29, 0.717) is 30.2 Å². The van der Waals surface area contributed by atoms with Gasteiger partial charge in [-0.25, -0.2) is 0 Å². The lowest BCUT2D eigenvalue weighted by molar-refractivity contribution is -0.113. The molecule has 0 aromatic heterocycles. The first kappa shape index (κ1) is 18.3. The van der Waals surface area contributed by atoms with E-state index in [1.54, 1.807) is 12.1 Å². The number of fused-ring (bicyclic) bond motifs is 1. The molecule has 0 radical (unpaired) electrons. The molecule has 0 aliphatic carbocycles. The van der Waals surface area contributed by atoms with E-state index in [9.17, 15) is 9.59 Å². The predicted octanol–water partition coefficient (Wildman–Crippen LogP) is 3.58. The number of morpholine rings is 1. The van der Waals surface area contributed by atoms with Gasteiger partial charge in [0, 0.05) is 28.0 Å². The molecular formula is C19H18BrN3O3S. The standard InChI is InChI=1S/C19H18BrN3O3S/c20-13-2-3-16(23-5-7-26-8-6-23)14(10-13)22-19(25)12-1-4-17-15(9-12)21-18(24)11-27-17/h1-4,9-10H,5-8,11H2,(H,21,24)(H,22,25).